The number of imidazole rings is 2. The molecule has 0 spiro atoms. The molecule has 2 saturated heterocycles. The predicted molar refractivity (Wildman–Crippen MR) is 199 cm³/mol. The number of carbonyl (C=O) groups excluding carboxylic acids is 4. The van der Waals surface area contributed by atoms with Crippen LogP contribution in [0.5, 0.6) is 0 Å². The second-order valence-electron chi connectivity index (χ2n) is 13.9. The fraction of sp³-hybridized carbons (Fsp3) is 0.459. The van der Waals surface area contributed by atoms with Crippen LogP contribution in [0.4, 0.5) is 9.59 Å². The Kier molecular flexibility index (Phi) is 11.5. The maximum absolute atomic E-state index is 13.5. The van der Waals surface area contributed by atoms with Gasteiger partial charge >= 0.3 is 12.2 Å². The first-order valence-corrected chi connectivity index (χ1v) is 18.6. The minimum Gasteiger partial charge on any atom is -0.453 e. The van der Waals surface area contributed by atoms with E-state index in [1.54, 1.807) is 27.3 Å². The molecule has 53 heavy (non-hydrogen) atoms. The first-order chi connectivity index (χ1) is 25.5. The molecule has 282 valence electrons. The van der Waals surface area contributed by atoms with Crippen molar-refractivity contribution in [3.05, 3.63) is 60.4 Å². The molecule has 6 rings (SSSR count). The fourth-order valence-electron chi connectivity index (χ4n) is 6.82. The number of amides is 4. The standard InChI is InChI=1S/C37H47N9O6S/c1-20(2)30(43-36(49)51-5)34(47)45-15-7-8-26(45)32-40-17-25(42-32)29-14-13-28(53-29)23-11-9-22(10-12-23)24-16-39-33(41-24)27-18-38-19-46(27)35(48)31(21(3)4)44-37(50)52-6/h9-14,16-17,20-21,26-27,30-31,38H,7-8,15,18-19H2,1-6H3,(H,39,41)(H,40,42)(H,43,49)(H,44,50)/t26-,27-,30-,31-/m0/s1. The van der Waals surface area contributed by atoms with Crippen LogP contribution in [-0.4, -0.2) is 99.8 Å². The summed E-state index contributed by atoms with van der Waals surface area (Å²) >= 11 is 1.64. The number of alkyl carbamates (subject to hydrolysis) is 2. The van der Waals surface area contributed by atoms with Gasteiger partial charge in [0.25, 0.3) is 0 Å². The van der Waals surface area contributed by atoms with Crippen molar-refractivity contribution in [3.8, 4) is 32.3 Å². The Morgan fingerprint density at radius 2 is 1.30 bits per heavy atom. The molecule has 0 saturated carbocycles. The smallest absolute Gasteiger partial charge is 0.407 e. The van der Waals surface area contributed by atoms with Gasteiger partial charge < -0.3 is 39.9 Å². The SMILES string of the molecule is COC(=O)N[C@H](C(=O)N1CNC[C@H]1c1ncc(-c2ccc(-c3ccc(-c4cnc([C@@H]5CCCN5C(=O)[C@@H](NC(=O)OC)C(C)C)[nH]4)s3)cc2)[nH]1)C(C)C. The van der Waals surface area contributed by atoms with E-state index in [1.165, 1.54) is 14.2 Å². The number of carbonyl (C=O) groups is 4. The topological polar surface area (TPSA) is 187 Å². The molecule has 0 aliphatic carbocycles. The maximum atomic E-state index is 13.5. The lowest BCUT2D eigenvalue weighted by molar-refractivity contribution is -0.136. The molecule has 16 heteroatoms. The van der Waals surface area contributed by atoms with Gasteiger partial charge in [-0.2, -0.15) is 0 Å². The highest BCUT2D eigenvalue weighted by atomic mass is 32.1. The minimum absolute atomic E-state index is 0.106. The molecule has 15 nitrogen and oxygen atoms in total. The van der Waals surface area contributed by atoms with Gasteiger partial charge in [0.15, 0.2) is 0 Å². The Hall–Kier alpha value is -5.22. The summed E-state index contributed by atoms with van der Waals surface area (Å²) in [5.41, 5.74) is 3.72. The molecular weight excluding hydrogens is 699 g/mol. The maximum Gasteiger partial charge on any atom is 0.407 e. The molecular formula is C37H47N9O6S. The first-order valence-electron chi connectivity index (χ1n) is 17.8. The van der Waals surface area contributed by atoms with E-state index in [4.69, 9.17) is 9.47 Å². The molecule has 2 aliphatic heterocycles. The van der Waals surface area contributed by atoms with E-state index < -0.39 is 24.3 Å². The molecule has 4 atom stereocenters. The van der Waals surface area contributed by atoms with Crippen molar-refractivity contribution in [3.63, 3.8) is 0 Å². The quantitative estimate of drug-likeness (QED) is 0.140. The van der Waals surface area contributed by atoms with Crippen LogP contribution >= 0.6 is 11.3 Å². The monoisotopic (exact) mass is 745 g/mol. The number of H-pyrrole nitrogens is 2. The lowest BCUT2D eigenvalue weighted by Gasteiger charge is -2.30. The first kappa shape index (κ1) is 37.5. The van der Waals surface area contributed by atoms with Gasteiger partial charge in [-0.25, -0.2) is 19.6 Å². The third kappa shape index (κ3) is 8.08. The van der Waals surface area contributed by atoms with Crippen LogP contribution in [0.3, 0.4) is 0 Å². The molecule has 5 heterocycles. The Morgan fingerprint density at radius 1 is 0.755 bits per heavy atom. The molecule has 4 amide bonds. The van der Waals surface area contributed by atoms with Crippen molar-refractivity contribution in [1.82, 2.24) is 45.7 Å². The number of nitrogens with one attached hydrogen (secondary N) is 5. The van der Waals surface area contributed by atoms with Crippen molar-refractivity contribution in [2.45, 2.75) is 64.7 Å². The summed E-state index contributed by atoms with van der Waals surface area (Å²) in [5, 5.41) is 8.61. The summed E-state index contributed by atoms with van der Waals surface area (Å²) in [5.74, 6) is 0.800. The van der Waals surface area contributed by atoms with Crippen LogP contribution in [0.2, 0.25) is 0 Å². The van der Waals surface area contributed by atoms with Crippen LogP contribution in [0.15, 0.2) is 48.8 Å². The Bertz CT molecular complexity index is 1920. The highest BCUT2D eigenvalue weighted by Gasteiger charge is 2.39. The number of hydrogen-bond donors (Lipinski definition) is 5. The van der Waals surface area contributed by atoms with Crippen molar-refractivity contribution in [2.75, 3.05) is 34.0 Å². The van der Waals surface area contributed by atoms with E-state index in [0.29, 0.717) is 25.6 Å². The van der Waals surface area contributed by atoms with Crippen LogP contribution < -0.4 is 16.0 Å². The van der Waals surface area contributed by atoms with Crippen LogP contribution in [-0.2, 0) is 19.1 Å². The molecule has 0 radical (unpaired) electrons. The lowest BCUT2D eigenvalue weighted by atomic mass is 10.0. The van der Waals surface area contributed by atoms with E-state index in [9.17, 15) is 19.2 Å². The molecule has 3 aromatic heterocycles. The summed E-state index contributed by atoms with van der Waals surface area (Å²) in [7, 11) is 2.56. The Morgan fingerprint density at radius 3 is 1.92 bits per heavy atom. The van der Waals surface area contributed by atoms with Gasteiger partial charge in [-0.05, 0) is 47.9 Å². The third-order valence-electron chi connectivity index (χ3n) is 9.77. The zero-order chi connectivity index (χ0) is 37.8. The molecule has 1 aromatic carbocycles. The van der Waals surface area contributed by atoms with Gasteiger partial charge in [0.05, 0.1) is 55.6 Å². The Labute approximate surface area is 312 Å². The van der Waals surface area contributed by atoms with Gasteiger partial charge in [-0.15, -0.1) is 11.3 Å². The average Bonchev–Trinajstić information content (AvgIpc) is 4.00. The molecule has 2 fully saturated rings. The number of aromatic amines is 2. The second kappa shape index (κ2) is 16.2. The number of hydrogen-bond acceptors (Lipinski definition) is 10. The van der Waals surface area contributed by atoms with E-state index in [-0.39, 0.29) is 35.7 Å². The molecule has 2 aliphatic rings. The van der Waals surface area contributed by atoms with Crippen LogP contribution in [0, 0.1) is 11.8 Å². The summed E-state index contributed by atoms with van der Waals surface area (Å²) in [6.45, 7) is 9.02. The molecule has 0 unspecified atom stereocenters. The largest absolute Gasteiger partial charge is 0.453 e. The lowest BCUT2D eigenvalue weighted by Crippen LogP contribution is -2.51. The van der Waals surface area contributed by atoms with Crippen molar-refractivity contribution >= 4 is 35.3 Å². The number of ether oxygens (including phenoxy) is 2. The summed E-state index contributed by atoms with van der Waals surface area (Å²) in [6, 6.07) is 10.4. The fourth-order valence-corrected chi connectivity index (χ4v) is 7.80. The normalized spacial score (nSPS) is 18.3. The van der Waals surface area contributed by atoms with E-state index in [1.807, 2.05) is 46.0 Å². The summed E-state index contributed by atoms with van der Waals surface area (Å²) in [6.07, 6.45) is 3.94. The van der Waals surface area contributed by atoms with Crippen LogP contribution in [0.1, 0.15) is 64.3 Å². The zero-order valence-electron chi connectivity index (χ0n) is 30.8. The van der Waals surface area contributed by atoms with Crippen molar-refractivity contribution in [1.29, 1.82) is 0 Å². The number of benzene rings is 1. The predicted octanol–water partition coefficient (Wildman–Crippen LogP) is 5.05. The van der Waals surface area contributed by atoms with Gasteiger partial charge in [0.1, 0.15) is 29.8 Å². The van der Waals surface area contributed by atoms with Gasteiger partial charge in [0.2, 0.25) is 11.8 Å². The highest BCUT2D eigenvalue weighted by molar-refractivity contribution is 7.18. The van der Waals surface area contributed by atoms with E-state index in [2.05, 4.69) is 60.2 Å². The van der Waals surface area contributed by atoms with Gasteiger partial charge in [0, 0.05) is 18.0 Å². The summed E-state index contributed by atoms with van der Waals surface area (Å²) in [4.78, 5) is 72.6. The number of likely N-dealkylation sites (tertiary alicyclic amines) is 1. The number of methoxy groups -OCH3 is 2. The van der Waals surface area contributed by atoms with Crippen LogP contribution in [0.25, 0.3) is 32.3 Å². The average molecular weight is 746 g/mol. The second-order valence-corrected chi connectivity index (χ2v) is 15.0. The number of thiophene rings is 1. The highest BCUT2D eigenvalue weighted by Crippen LogP contribution is 2.37. The molecule has 0 bridgehead atoms. The van der Waals surface area contributed by atoms with E-state index >= 15 is 0 Å². The van der Waals surface area contributed by atoms with Crippen molar-refractivity contribution in [2.24, 2.45) is 11.8 Å². The summed E-state index contributed by atoms with van der Waals surface area (Å²) < 4.78 is 9.49. The van der Waals surface area contributed by atoms with Crippen molar-refractivity contribution < 1.29 is 28.7 Å². The Balaban J connectivity index is 1.12. The number of nitrogens with zero attached hydrogens (tertiary/aromatic N) is 4. The van der Waals surface area contributed by atoms with E-state index in [0.717, 1.165) is 50.9 Å². The van der Waals surface area contributed by atoms with Gasteiger partial charge in [-0.1, -0.05) is 52.0 Å². The molecule has 4 aromatic rings. The molecule has 5 N–H and O–H groups in total. The zero-order valence-corrected chi connectivity index (χ0v) is 31.6. The van der Waals surface area contributed by atoms with Gasteiger partial charge in [-0.3, -0.25) is 14.9 Å². The number of rotatable bonds is 11. The minimum atomic E-state index is -0.728. The number of aromatic nitrogens is 4. The third-order valence-corrected chi connectivity index (χ3v) is 10.9.